The van der Waals surface area contributed by atoms with Gasteiger partial charge < -0.3 is 15.0 Å². The largest absolute Gasteiger partial charge is 0.477 e. The lowest BCUT2D eigenvalue weighted by molar-refractivity contribution is 0.0685. The van der Waals surface area contributed by atoms with Crippen molar-refractivity contribution in [3.8, 4) is 0 Å². The summed E-state index contributed by atoms with van der Waals surface area (Å²) in [5.41, 5.74) is 4.34. The number of hydrogen-bond acceptors (Lipinski definition) is 2. The van der Waals surface area contributed by atoms with E-state index in [1.807, 2.05) is 41.1 Å². The van der Waals surface area contributed by atoms with Crippen LogP contribution in [0.25, 0.3) is 0 Å². The molecule has 164 valence electrons. The molecule has 0 spiro atoms. The van der Waals surface area contributed by atoms with Crippen molar-refractivity contribution in [3.05, 3.63) is 87.2 Å². The first-order valence-electron chi connectivity index (χ1n) is 10.7. The second kappa shape index (κ2) is 11.3. The maximum absolute atomic E-state index is 11.6. The number of aromatic nitrogens is 1. The summed E-state index contributed by atoms with van der Waals surface area (Å²) in [7, 11) is 0. The number of carboxylic acids is 1. The van der Waals surface area contributed by atoms with Gasteiger partial charge in [0.25, 0.3) is 0 Å². The third-order valence-electron chi connectivity index (χ3n) is 5.32. The fourth-order valence-electron chi connectivity index (χ4n) is 3.61. The van der Waals surface area contributed by atoms with Gasteiger partial charge in [-0.2, -0.15) is 0 Å². The van der Waals surface area contributed by atoms with Crippen LogP contribution in [-0.4, -0.2) is 15.6 Å². The Morgan fingerprint density at radius 2 is 1.71 bits per heavy atom. The average molecular weight is 459 g/mol. The third-order valence-corrected chi connectivity index (χ3v) is 6.03. The quantitative estimate of drug-likeness (QED) is 0.296. The molecule has 31 heavy (non-hydrogen) atoms. The highest BCUT2D eigenvalue weighted by Crippen LogP contribution is 2.25. The molecule has 0 unspecified atom stereocenters. The van der Waals surface area contributed by atoms with Gasteiger partial charge in [0.2, 0.25) is 0 Å². The van der Waals surface area contributed by atoms with E-state index in [4.69, 9.17) is 23.2 Å². The van der Waals surface area contributed by atoms with Crippen LogP contribution in [0.15, 0.2) is 54.7 Å². The van der Waals surface area contributed by atoms with Crippen LogP contribution >= 0.6 is 23.2 Å². The molecule has 3 rings (SSSR count). The smallest absolute Gasteiger partial charge is 0.352 e. The minimum atomic E-state index is -0.875. The number of benzene rings is 2. The number of hydrogen-bond donors (Lipinski definition) is 2. The molecule has 0 radical (unpaired) electrons. The Hall–Kier alpha value is -2.43. The lowest BCUT2D eigenvalue weighted by Gasteiger charge is -2.10. The molecule has 3 aromatic rings. The van der Waals surface area contributed by atoms with E-state index in [9.17, 15) is 9.90 Å². The molecule has 0 amide bonds. The fraction of sp³-hybridized carbons (Fsp3) is 0.320. The SMILES string of the molecule is CCCCCCn1cc(Cc2ccc(NCc3c(Cl)cccc3Cl)cc2)cc1C(=O)O. The zero-order valence-electron chi connectivity index (χ0n) is 17.7. The number of halogens is 2. The number of nitrogens with zero attached hydrogens (tertiary/aromatic N) is 1. The Kier molecular flexibility index (Phi) is 8.44. The second-order valence-corrected chi connectivity index (χ2v) is 8.53. The molecule has 6 heteroatoms. The summed E-state index contributed by atoms with van der Waals surface area (Å²) in [5.74, 6) is -0.875. The fourth-order valence-corrected chi connectivity index (χ4v) is 4.14. The molecule has 0 aliphatic rings. The van der Waals surface area contributed by atoms with E-state index in [0.29, 0.717) is 28.7 Å². The molecule has 2 aromatic carbocycles. The lowest BCUT2D eigenvalue weighted by atomic mass is 10.1. The Morgan fingerprint density at radius 3 is 2.35 bits per heavy atom. The maximum Gasteiger partial charge on any atom is 0.352 e. The molecular formula is C25H28Cl2N2O2. The summed E-state index contributed by atoms with van der Waals surface area (Å²) in [6.45, 7) is 3.46. The topological polar surface area (TPSA) is 54.3 Å². The van der Waals surface area contributed by atoms with Gasteiger partial charge in [-0.25, -0.2) is 4.79 Å². The number of nitrogens with one attached hydrogen (secondary N) is 1. The van der Waals surface area contributed by atoms with Gasteiger partial charge in [-0.1, -0.05) is 67.6 Å². The van der Waals surface area contributed by atoms with Crippen LogP contribution in [0.3, 0.4) is 0 Å². The third kappa shape index (κ3) is 6.52. The Balaban J connectivity index is 1.62. The van der Waals surface area contributed by atoms with E-state index in [2.05, 4.69) is 24.4 Å². The van der Waals surface area contributed by atoms with Crippen LogP contribution in [-0.2, 0) is 19.5 Å². The van der Waals surface area contributed by atoms with Crippen molar-refractivity contribution in [2.24, 2.45) is 0 Å². The number of rotatable bonds is 11. The molecular weight excluding hydrogens is 431 g/mol. The molecule has 0 bridgehead atoms. The monoisotopic (exact) mass is 458 g/mol. The van der Waals surface area contributed by atoms with Crippen molar-refractivity contribution in [1.29, 1.82) is 0 Å². The highest BCUT2D eigenvalue weighted by Gasteiger charge is 2.13. The summed E-state index contributed by atoms with van der Waals surface area (Å²) < 4.78 is 1.87. The van der Waals surface area contributed by atoms with Crippen LogP contribution in [0.4, 0.5) is 5.69 Å². The minimum absolute atomic E-state index is 0.362. The number of aryl methyl sites for hydroxylation is 1. The van der Waals surface area contributed by atoms with E-state index < -0.39 is 5.97 Å². The zero-order valence-corrected chi connectivity index (χ0v) is 19.2. The van der Waals surface area contributed by atoms with Gasteiger partial charge in [0.15, 0.2) is 0 Å². The molecule has 0 atom stereocenters. The normalized spacial score (nSPS) is 10.9. The van der Waals surface area contributed by atoms with Gasteiger partial charge in [0.05, 0.1) is 0 Å². The van der Waals surface area contributed by atoms with Gasteiger partial charge in [-0.3, -0.25) is 0 Å². The summed E-state index contributed by atoms with van der Waals surface area (Å²) in [6.07, 6.45) is 7.13. The Morgan fingerprint density at radius 1 is 1.00 bits per heavy atom. The van der Waals surface area contributed by atoms with E-state index in [1.54, 1.807) is 6.07 Å². The highest BCUT2D eigenvalue weighted by atomic mass is 35.5. The second-order valence-electron chi connectivity index (χ2n) is 7.72. The van der Waals surface area contributed by atoms with Crippen molar-refractivity contribution < 1.29 is 9.90 Å². The molecule has 0 aliphatic heterocycles. The summed E-state index contributed by atoms with van der Waals surface area (Å²) >= 11 is 12.5. The van der Waals surface area contributed by atoms with E-state index in [-0.39, 0.29) is 0 Å². The van der Waals surface area contributed by atoms with Crippen LogP contribution in [0.5, 0.6) is 0 Å². The number of anilines is 1. The van der Waals surface area contributed by atoms with Crippen molar-refractivity contribution >= 4 is 34.9 Å². The molecule has 0 saturated heterocycles. The maximum atomic E-state index is 11.6. The molecule has 2 N–H and O–H groups in total. The van der Waals surface area contributed by atoms with Crippen molar-refractivity contribution in [2.45, 2.75) is 52.1 Å². The highest BCUT2D eigenvalue weighted by molar-refractivity contribution is 6.36. The molecule has 1 aromatic heterocycles. The number of carboxylic acid groups (broad SMARTS) is 1. The first-order chi connectivity index (χ1) is 15.0. The number of carbonyl (C=O) groups is 1. The molecule has 4 nitrogen and oxygen atoms in total. The Bertz CT molecular complexity index is 993. The minimum Gasteiger partial charge on any atom is -0.477 e. The van der Waals surface area contributed by atoms with Crippen LogP contribution in [0.2, 0.25) is 10.0 Å². The average Bonchev–Trinajstić information content (AvgIpc) is 3.15. The van der Waals surface area contributed by atoms with Crippen LogP contribution < -0.4 is 5.32 Å². The van der Waals surface area contributed by atoms with Gasteiger partial charge in [0.1, 0.15) is 5.69 Å². The summed E-state index contributed by atoms with van der Waals surface area (Å²) in [4.78, 5) is 11.6. The van der Waals surface area contributed by atoms with Crippen LogP contribution in [0, 0.1) is 0 Å². The van der Waals surface area contributed by atoms with E-state index >= 15 is 0 Å². The van der Waals surface area contributed by atoms with Crippen LogP contribution in [0.1, 0.15) is 59.8 Å². The summed E-state index contributed by atoms with van der Waals surface area (Å²) in [5, 5.41) is 14.2. The molecule has 0 aliphatic carbocycles. The first-order valence-corrected chi connectivity index (χ1v) is 11.4. The molecule has 0 saturated carbocycles. The zero-order chi connectivity index (χ0) is 22.2. The Labute approximate surface area is 193 Å². The van der Waals surface area contributed by atoms with Crippen molar-refractivity contribution in [3.63, 3.8) is 0 Å². The number of unbranched alkanes of at least 4 members (excludes halogenated alkanes) is 3. The molecule has 1 heterocycles. The number of aromatic carboxylic acids is 1. The first kappa shape index (κ1) is 23.2. The van der Waals surface area contributed by atoms with Gasteiger partial charge in [0, 0.05) is 40.6 Å². The van der Waals surface area contributed by atoms with E-state index in [0.717, 1.165) is 41.8 Å². The molecule has 0 fully saturated rings. The van der Waals surface area contributed by atoms with E-state index in [1.165, 1.54) is 12.8 Å². The van der Waals surface area contributed by atoms with Gasteiger partial charge in [-0.15, -0.1) is 0 Å². The van der Waals surface area contributed by atoms with Crippen molar-refractivity contribution in [1.82, 2.24) is 4.57 Å². The lowest BCUT2D eigenvalue weighted by Crippen LogP contribution is -2.07. The standard InChI is InChI=1S/C25H28Cl2N2O2/c1-2-3-4-5-13-29-17-19(15-24(29)25(30)31)14-18-9-11-20(12-10-18)28-16-21-22(26)7-6-8-23(21)27/h6-12,15,17,28H,2-5,13-14,16H2,1H3,(H,30,31). The predicted octanol–water partition coefficient (Wildman–Crippen LogP) is 7.28. The van der Waals surface area contributed by atoms with Gasteiger partial charge >= 0.3 is 5.97 Å². The van der Waals surface area contributed by atoms with Gasteiger partial charge in [-0.05, 0) is 54.3 Å². The predicted molar refractivity (Wildman–Crippen MR) is 129 cm³/mol. The van der Waals surface area contributed by atoms with Crippen molar-refractivity contribution in [2.75, 3.05) is 5.32 Å². The summed E-state index contributed by atoms with van der Waals surface area (Å²) in [6, 6.07) is 15.4.